The lowest BCUT2D eigenvalue weighted by Gasteiger charge is -2.36. The quantitative estimate of drug-likeness (QED) is 0.658. The molecule has 0 radical (unpaired) electrons. The fourth-order valence-corrected chi connectivity index (χ4v) is 2.80. The Labute approximate surface area is 107 Å². The van der Waals surface area contributed by atoms with Gasteiger partial charge in [0.1, 0.15) is 17.2 Å². The maximum atomic E-state index is 6.20. The van der Waals surface area contributed by atoms with Crippen LogP contribution in [0.15, 0.2) is 17.4 Å². The molecule has 1 heterocycles. The second kappa shape index (κ2) is 5.69. The summed E-state index contributed by atoms with van der Waals surface area (Å²) in [6, 6.07) is 2.71. The number of hydrogen-bond donors (Lipinski definition) is 1. The summed E-state index contributed by atoms with van der Waals surface area (Å²) in [6.07, 6.45) is 8.46. The number of nitrogens with two attached hydrogens (primary N) is 1. The molecule has 1 saturated carbocycles. The number of aromatic nitrogens is 2. The van der Waals surface area contributed by atoms with E-state index in [1.807, 2.05) is 12.3 Å². The normalized spacial score (nSPS) is 24.6. The van der Waals surface area contributed by atoms with E-state index >= 15 is 0 Å². The first kappa shape index (κ1) is 12.6. The Bertz CT molecular complexity index is 371. The number of anilines is 1. The van der Waals surface area contributed by atoms with Crippen molar-refractivity contribution in [2.45, 2.75) is 42.8 Å². The highest BCUT2D eigenvalue weighted by molar-refractivity contribution is 7.98. The van der Waals surface area contributed by atoms with Gasteiger partial charge in [-0.2, -0.15) is 0 Å². The fourth-order valence-electron chi connectivity index (χ4n) is 2.43. The van der Waals surface area contributed by atoms with E-state index in [-0.39, 0.29) is 6.04 Å². The van der Waals surface area contributed by atoms with E-state index in [0.717, 1.165) is 23.7 Å². The summed E-state index contributed by atoms with van der Waals surface area (Å²) in [5.74, 6) is 0.978. The van der Waals surface area contributed by atoms with Crippen LogP contribution in [0.5, 0.6) is 0 Å². The highest BCUT2D eigenvalue weighted by Crippen LogP contribution is 2.25. The second-order valence-corrected chi connectivity index (χ2v) is 5.37. The molecular weight excluding hydrogens is 232 g/mol. The molecule has 1 aliphatic rings. The standard InChI is InChI=1S/C12H20N4S/c1-16(10-6-4-3-5-9(10)13)11-7-12(17-2)15-8-14-11/h7-10H,3-6,13H2,1-2H3. The summed E-state index contributed by atoms with van der Waals surface area (Å²) < 4.78 is 0. The minimum Gasteiger partial charge on any atom is -0.355 e. The van der Waals surface area contributed by atoms with Crippen LogP contribution in [0.25, 0.3) is 0 Å². The minimum absolute atomic E-state index is 0.265. The van der Waals surface area contributed by atoms with E-state index in [4.69, 9.17) is 5.73 Å². The number of nitrogens with zero attached hydrogens (tertiary/aromatic N) is 3. The van der Waals surface area contributed by atoms with Crippen LogP contribution in [0.2, 0.25) is 0 Å². The second-order valence-electron chi connectivity index (χ2n) is 4.55. The van der Waals surface area contributed by atoms with Crippen molar-refractivity contribution < 1.29 is 0 Å². The Morgan fingerprint density at radius 1 is 1.35 bits per heavy atom. The van der Waals surface area contributed by atoms with Crippen molar-refractivity contribution in [2.24, 2.45) is 5.73 Å². The van der Waals surface area contributed by atoms with Crippen LogP contribution in [0.1, 0.15) is 25.7 Å². The molecule has 0 bridgehead atoms. The molecule has 0 saturated heterocycles. The van der Waals surface area contributed by atoms with Crippen molar-refractivity contribution in [1.82, 2.24) is 9.97 Å². The molecule has 0 amide bonds. The molecule has 2 atom stereocenters. The smallest absolute Gasteiger partial charge is 0.133 e. The van der Waals surface area contributed by atoms with E-state index in [1.165, 1.54) is 12.8 Å². The van der Waals surface area contributed by atoms with E-state index in [2.05, 4.69) is 21.9 Å². The van der Waals surface area contributed by atoms with Crippen LogP contribution in [0.3, 0.4) is 0 Å². The van der Waals surface area contributed by atoms with Gasteiger partial charge in [0.05, 0.1) is 0 Å². The molecule has 2 N–H and O–H groups in total. The van der Waals surface area contributed by atoms with Gasteiger partial charge in [-0.15, -0.1) is 11.8 Å². The Hall–Kier alpha value is -0.810. The van der Waals surface area contributed by atoms with Crippen LogP contribution in [-0.4, -0.2) is 35.4 Å². The number of hydrogen-bond acceptors (Lipinski definition) is 5. The summed E-state index contributed by atoms with van der Waals surface area (Å²) in [6.45, 7) is 0. The molecule has 1 aromatic heterocycles. The molecular formula is C12H20N4S. The Balaban J connectivity index is 2.14. The summed E-state index contributed by atoms with van der Waals surface area (Å²) in [5.41, 5.74) is 6.20. The third-order valence-electron chi connectivity index (χ3n) is 3.48. The van der Waals surface area contributed by atoms with Crippen LogP contribution in [0, 0.1) is 0 Å². The zero-order valence-corrected chi connectivity index (χ0v) is 11.3. The average Bonchev–Trinajstić information content (AvgIpc) is 2.38. The van der Waals surface area contributed by atoms with E-state index in [0.29, 0.717) is 6.04 Å². The van der Waals surface area contributed by atoms with Crippen molar-refractivity contribution in [3.05, 3.63) is 12.4 Å². The minimum atomic E-state index is 0.265. The first-order valence-electron chi connectivity index (χ1n) is 6.07. The van der Waals surface area contributed by atoms with Crippen molar-refractivity contribution in [2.75, 3.05) is 18.2 Å². The van der Waals surface area contributed by atoms with E-state index in [1.54, 1.807) is 18.1 Å². The largest absolute Gasteiger partial charge is 0.355 e. The van der Waals surface area contributed by atoms with Gasteiger partial charge in [0.25, 0.3) is 0 Å². The Kier molecular flexibility index (Phi) is 4.23. The molecule has 0 aliphatic heterocycles. The lowest BCUT2D eigenvalue weighted by atomic mass is 9.90. The van der Waals surface area contributed by atoms with Gasteiger partial charge < -0.3 is 10.6 Å². The van der Waals surface area contributed by atoms with Gasteiger partial charge in [-0.25, -0.2) is 9.97 Å². The fraction of sp³-hybridized carbons (Fsp3) is 0.667. The topological polar surface area (TPSA) is 55.0 Å². The molecule has 1 fully saturated rings. The SMILES string of the molecule is CSc1cc(N(C)C2CCCCC2N)ncn1. The number of likely N-dealkylation sites (N-methyl/N-ethyl adjacent to an activating group) is 1. The van der Waals surface area contributed by atoms with Gasteiger partial charge in [-0.1, -0.05) is 12.8 Å². The molecule has 1 aromatic rings. The van der Waals surface area contributed by atoms with Gasteiger partial charge in [0.15, 0.2) is 0 Å². The molecule has 1 aliphatic carbocycles. The summed E-state index contributed by atoms with van der Waals surface area (Å²) in [4.78, 5) is 10.8. The maximum Gasteiger partial charge on any atom is 0.133 e. The van der Waals surface area contributed by atoms with E-state index < -0.39 is 0 Å². The Morgan fingerprint density at radius 3 is 2.82 bits per heavy atom. The molecule has 4 nitrogen and oxygen atoms in total. The van der Waals surface area contributed by atoms with Gasteiger partial charge in [0, 0.05) is 25.2 Å². The summed E-state index contributed by atoms with van der Waals surface area (Å²) >= 11 is 1.64. The number of thioether (sulfide) groups is 1. The Morgan fingerprint density at radius 2 is 2.12 bits per heavy atom. The van der Waals surface area contributed by atoms with Crippen LogP contribution in [0.4, 0.5) is 5.82 Å². The van der Waals surface area contributed by atoms with Gasteiger partial charge >= 0.3 is 0 Å². The highest BCUT2D eigenvalue weighted by atomic mass is 32.2. The molecule has 0 aromatic carbocycles. The molecule has 5 heteroatoms. The van der Waals surface area contributed by atoms with Crippen molar-refractivity contribution >= 4 is 17.6 Å². The summed E-state index contributed by atoms with van der Waals surface area (Å²) in [5, 5.41) is 1.01. The van der Waals surface area contributed by atoms with E-state index in [9.17, 15) is 0 Å². The lowest BCUT2D eigenvalue weighted by Crippen LogP contribution is -2.48. The van der Waals surface area contributed by atoms with Crippen LogP contribution < -0.4 is 10.6 Å². The monoisotopic (exact) mass is 252 g/mol. The summed E-state index contributed by atoms with van der Waals surface area (Å²) in [7, 11) is 2.09. The molecule has 94 valence electrons. The zero-order valence-electron chi connectivity index (χ0n) is 10.5. The van der Waals surface area contributed by atoms with Gasteiger partial charge in [-0.3, -0.25) is 0 Å². The molecule has 2 unspecified atom stereocenters. The third-order valence-corrected chi connectivity index (χ3v) is 4.12. The lowest BCUT2D eigenvalue weighted by molar-refractivity contribution is 0.372. The first-order valence-corrected chi connectivity index (χ1v) is 7.29. The van der Waals surface area contributed by atoms with Gasteiger partial charge in [0.2, 0.25) is 0 Å². The predicted octanol–water partition coefficient (Wildman–Crippen LogP) is 1.90. The maximum absolute atomic E-state index is 6.20. The predicted molar refractivity (Wildman–Crippen MR) is 72.4 cm³/mol. The highest BCUT2D eigenvalue weighted by Gasteiger charge is 2.26. The number of rotatable bonds is 3. The average molecular weight is 252 g/mol. The first-order chi connectivity index (χ1) is 8.22. The molecule has 17 heavy (non-hydrogen) atoms. The molecule has 0 spiro atoms. The van der Waals surface area contributed by atoms with Crippen molar-refractivity contribution in [3.8, 4) is 0 Å². The zero-order chi connectivity index (χ0) is 12.3. The third kappa shape index (κ3) is 2.90. The molecule has 2 rings (SSSR count). The van der Waals surface area contributed by atoms with Gasteiger partial charge in [-0.05, 0) is 19.1 Å². The van der Waals surface area contributed by atoms with Crippen molar-refractivity contribution in [3.63, 3.8) is 0 Å². The van der Waals surface area contributed by atoms with Crippen LogP contribution in [-0.2, 0) is 0 Å². The van der Waals surface area contributed by atoms with Crippen LogP contribution >= 0.6 is 11.8 Å². The van der Waals surface area contributed by atoms with Crippen molar-refractivity contribution in [1.29, 1.82) is 0 Å².